The van der Waals surface area contributed by atoms with Crippen molar-refractivity contribution in [2.24, 2.45) is 17.1 Å². The van der Waals surface area contributed by atoms with Crippen LogP contribution in [0.3, 0.4) is 0 Å². The molecule has 49 heavy (non-hydrogen) atoms. The zero-order valence-corrected chi connectivity index (χ0v) is 29.8. The van der Waals surface area contributed by atoms with Gasteiger partial charge in [-0.1, -0.05) is 32.4 Å². The molecule has 0 bridgehead atoms. The summed E-state index contributed by atoms with van der Waals surface area (Å²) in [7, 11) is -2.51. The number of ether oxygens (including phenoxy) is 2. The first kappa shape index (κ1) is 36.8. The first-order chi connectivity index (χ1) is 22.9. The fraction of sp³-hybridized carbons (Fsp3) is 0.562. The van der Waals surface area contributed by atoms with Crippen LogP contribution in [0.4, 0.5) is 8.78 Å². The highest BCUT2D eigenvalue weighted by atomic mass is 35.5. The van der Waals surface area contributed by atoms with Crippen molar-refractivity contribution in [1.29, 1.82) is 0 Å². The monoisotopic (exact) mass is 743 g/mol. The fourth-order valence-corrected chi connectivity index (χ4v) is 8.01. The number of nitrogens with two attached hydrogens (primary N) is 1. The van der Waals surface area contributed by atoms with Gasteiger partial charge in [-0.15, -0.1) is 0 Å². The van der Waals surface area contributed by atoms with Crippen molar-refractivity contribution in [2.75, 3.05) is 13.7 Å². The number of amides is 3. The number of hydrogen-bond acceptors (Lipinski definition) is 8. The number of thiocarbonyl (C=S) groups is 1. The van der Waals surface area contributed by atoms with Gasteiger partial charge in [-0.05, 0) is 73.1 Å². The summed E-state index contributed by atoms with van der Waals surface area (Å²) in [5, 5.41) is 6.29. The Morgan fingerprint density at radius 1 is 1.14 bits per heavy atom. The van der Waals surface area contributed by atoms with Crippen molar-refractivity contribution in [2.45, 2.75) is 88.3 Å². The van der Waals surface area contributed by atoms with Gasteiger partial charge in [-0.25, -0.2) is 17.2 Å². The minimum absolute atomic E-state index is 0.0484. The summed E-state index contributed by atoms with van der Waals surface area (Å²) in [4.78, 5) is 43.0. The van der Waals surface area contributed by atoms with E-state index in [1.807, 2.05) is 4.72 Å². The smallest absolute Gasteiger partial charge is 0.259 e. The summed E-state index contributed by atoms with van der Waals surface area (Å²) in [5.74, 6) is -2.47. The Hall–Kier alpha value is -3.50. The van der Waals surface area contributed by atoms with Crippen LogP contribution in [-0.2, 0) is 24.4 Å². The number of benzene rings is 2. The van der Waals surface area contributed by atoms with Gasteiger partial charge >= 0.3 is 0 Å². The Bertz CT molecular complexity index is 1770. The molecule has 2 aliphatic carbocycles. The zero-order valence-electron chi connectivity index (χ0n) is 27.4. The predicted molar refractivity (Wildman–Crippen MR) is 183 cm³/mol. The topological polar surface area (TPSA) is 169 Å². The maximum Gasteiger partial charge on any atom is 0.259 e. The van der Waals surface area contributed by atoms with Gasteiger partial charge in [0.1, 0.15) is 35.2 Å². The molecule has 2 aromatic carbocycles. The van der Waals surface area contributed by atoms with E-state index in [1.54, 1.807) is 51.1 Å². The molecule has 268 valence electrons. The molecular weight excluding hydrogens is 704 g/mol. The highest BCUT2D eigenvalue weighted by molar-refractivity contribution is 7.91. The molecule has 1 heterocycles. The Kier molecular flexibility index (Phi) is 10.3. The number of carbonyl (C=O) groups excluding carboxylic acids is 3. The number of carbonyl (C=O) groups is 3. The van der Waals surface area contributed by atoms with Gasteiger partial charge in [-0.2, -0.15) is 0 Å². The number of nitrogens with one attached hydrogen (secondary N) is 3. The van der Waals surface area contributed by atoms with E-state index < -0.39 is 80.9 Å². The lowest BCUT2D eigenvalue weighted by Crippen LogP contribution is -2.60. The fourth-order valence-electron chi connectivity index (χ4n) is 6.36. The number of fused-ring (bicyclic) bond motifs is 1. The lowest BCUT2D eigenvalue weighted by atomic mass is 9.85. The molecule has 1 unspecified atom stereocenters. The maximum atomic E-state index is 14.2. The number of methoxy groups -OCH3 is 1. The number of likely N-dealkylation sites (tertiary alicyclic amines) is 1. The van der Waals surface area contributed by atoms with Crippen LogP contribution in [0.5, 0.6) is 11.5 Å². The SMILES string of the molecule is COc1ccc(O[C@@H]2CC(C(=O)N[C@]3(C(=O)NS(=O)(=O)C4CC4)C[C@H]3CC(F)F)N(C(=O)[C@@H](NC(N)=S)C(C)(C)C)C2)c2cc(Cl)ccc12. The molecule has 5 atom stereocenters. The summed E-state index contributed by atoms with van der Waals surface area (Å²) in [6.45, 7) is 5.27. The molecule has 1 aliphatic heterocycles. The van der Waals surface area contributed by atoms with E-state index in [9.17, 15) is 31.6 Å². The predicted octanol–water partition coefficient (Wildman–Crippen LogP) is 3.24. The van der Waals surface area contributed by atoms with Gasteiger partial charge in [0.15, 0.2) is 5.11 Å². The molecule has 3 aliphatic rings. The molecule has 17 heteroatoms. The van der Waals surface area contributed by atoms with E-state index in [2.05, 4.69) is 10.6 Å². The number of alkyl halides is 2. The summed E-state index contributed by atoms with van der Waals surface area (Å²) in [6, 6.07) is 6.36. The second kappa shape index (κ2) is 13.7. The van der Waals surface area contributed by atoms with Gasteiger partial charge in [-0.3, -0.25) is 19.1 Å². The summed E-state index contributed by atoms with van der Waals surface area (Å²) in [6.07, 6.45) is -3.79. The van der Waals surface area contributed by atoms with Crippen molar-refractivity contribution in [3.63, 3.8) is 0 Å². The van der Waals surface area contributed by atoms with E-state index in [1.165, 1.54) is 12.0 Å². The van der Waals surface area contributed by atoms with E-state index in [-0.39, 0.29) is 24.5 Å². The third kappa shape index (κ3) is 7.96. The average Bonchev–Trinajstić information content (AvgIpc) is 3.92. The Morgan fingerprint density at radius 3 is 2.41 bits per heavy atom. The molecule has 0 aromatic heterocycles. The largest absolute Gasteiger partial charge is 0.496 e. The summed E-state index contributed by atoms with van der Waals surface area (Å²) in [5.41, 5.74) is 3.13. The van der Waals surface area contributed by atoms with E-state index in [4.69, 9.17) is 39.0 Å². The molecule has 0 spiro atoms. The van der Waals surface area contributed by atoms with Gasteiger partial charge in [0.25, 0.3) is 5.91 Å². The van der Waals surface area contributed by atoms with Crippen molar-refractivity contribution >= 4 is 67.4 Å². The van der Waals surface area contributed by atoms with Crippen LogP contribution >= 0.6 is 23.8 Å². The number of nitrogens with zero attached hydrogens (tertiary/aromatic N) is 1. The molecule has 12 nitrogen and oxygen atoms in total. The lowest BCUT2D eigenvalue weighted by molar-refractivity contribution is -0.142. The molecule has 2 aromatic rings. The first-order valence-corrected chi connectivity index (χ1v) is 18.1. The van der Waals surface area contributed by atoms with Gasteiger partial charge in [0, 0.05) is 28.6 Å². The molecule has 5 N–H and O–H groups in total. The van der Waals surface area contributed by atoms with Gasteiger partial charge < -0.3 is 30.7 Å². The number of hydrogen-bond donors (Lipinski definition) is 4. The van der Waals surface area contributed by atoms with Crippen LogP contribution in [0, 0.1) is 11.3 Å². The Labute approximate surface area is 293 Å². The maximum absolute atomic E-state index is 14.2. The number of halogens is 3. The van der Waals surface area contributed by atoms with E-state index in [0.717, 1.165) is 0 Å². The molecule has 3 fully saturated rings. The van der Waals surface area contributed by atoms with Crippen molar-refractivity contribution < 1.29 is 41.1 Å². The van der Waals surface area contributed by atoms with Crippen LogP contribution < -0.4 is 30.6 Å². The highest BCUT2D eigenvalue weighted by Crippen LogP contribution is 2.48. The summed E-state index contributed by atoms with van der Waals surface area (Å²) >= 11 is 11.3. The first-order valence-electron chi connectivity index (χ1n) is 15.8. The minimum Gasteiger partial charge on any atom is -0.496 e. The molecule has 1 saturated heterocycles. The number of sulfonamides is 1. The van der Waals surface area contributed by atoms with Crippen LogP contribution in [-0.4, -0.2) is 85.2 Å². The zero-order chi connectivity index (χ0) is 36.1. The third-order valence-corrected chi connectivity index (χ3v) is 11.3. The van der Waals surface area contributed by atoms with Crippen LogP contribution in [0.2, 0.25) is 5.02 Å². The molecular formula is C32H40ClF2N5O7S2. The third-order valence-electron chi connectivity index (χ3n) is 9.18. The van der Waals surface area contributed by atoms with Crippen molar-refractivity contribution in [1.82, 2.24) is 20.3 Å². The minimum atomic E-state index is -4.04. The van der Waals surface area contributed by atoms with Crippen LogP contribution in [0.1, 0.15) is 52.9 Å². The number of rotatable bonds is 12. The summed E-state index contributed by atoms with van der Waals surface area (Å²) < 4.78 is 66.1. The average molecular weight is 744 g/mol. The van der Waals surface area contributed by atoms with E-state index in [0.29, 0.717) is 40.1 Å². The van der Waals surface area contributed by atoms with Crippen LogP contribution in [0.25, 0.3) is 10.8 Å². The Balaban J connectivity index is 1.46. The molecule has 3 amide bonds. The highest BCUT2D eigenvalue weighted by Gasteiger charge is 2.63. The second-order valence-electron chi connectivity index (χ2n) is 13.9. The Morgan fingerprint density at radius 2 is 1.82 bits per heavy atom. The normalized spacial score (nSPS) is 24.3. The van der Waals surface area contributed by atoms with Gasteiger partial charge in [0.2, 0.25) is 28.3 Å². The van der Waals surface area contributed by atoms with Crippen molar-refractivity contribution in [3.05, 3.63) is 35.4 Å². The van der Waals surface area contributed by atoms with E-state index >= 15 is 0 Å². The lowest BCUT2D eigenvalue weighted by Gasteiger charge is -2.35. The van der Waals surface area contributed by atoms with Gasteiger partial charge in [0.05, 0.1) is 18.9 Å². The van der Waals surface area contributed by atoms with Crippen molar-refractivity contribution in [3.8, 4) is 11.5 Å². The molecule has 5 rings (SSSR count). The van der Waals surface area contributed by atoms with Crippen LogP contribution in [0.15, 0.2) is 30.3 Å². The molecule has 2 saturated carbocycles. The standard InChI is InChI=1S/C32H40ClF2N5O7S2/c1-31(2,3)26(37-30(36)48)28(42)40-15-18(47-24-10-9-23(46-4)20-8-5-17(33)12-21(20)24)13-22(40)27(41)38-32(14-16(32)11-25(34)35)29(43)39-49(44,45)19-6-7-19/h5,8-10,12,16,18-19,22,25-26H,6-7,11,13-15H2,1-4H3,(H,38,41)(H,39,43)(H3,36,37,48)/t16-,18-,22?,26-,32-/m1/s1. The quantitative estimate of drug-likeness (QED) is 0.237. The molecule has 0 radical (unpaired) electrons. The second-order valence-corrected chi connectivity index (χ2v) is 16.7.